The summed E-state index contributed by atoms with van der Waals surface area (Å²) in [5.74, 6) is 1.04. The second-order valence-corrected chi connectivity index (χ2v) is 3.19. The van der Waals surface area contributed by atoms with Crippen molar-refractivity contribution >= 4 is 0 Å². The fourth-order valence-electron chi connectivity index (χ4n) is 1.53. The zero-order valence-corrected chi connectivity index (χ0v) is 7.65. The van der Waals surface area contributed by atoms with Crippen LogP contribution in [-0.4, -0.2) is 11.4 Å². The maximum absolute atomic E-state index is 9.26. The van der Waals surface area contributed by atoms with Crippen LogP contribution in [0.1, 0.15) is 25.5 Å². The quantitative estimate of drug-likeness (QED) is 0.665. The van der Waals surface area contributed by atoms with Gasteiger partial charge in [0.1, 0.15) is 11.5 Å². The van der Waals surface area contributed by atoms with Gasteiger partial charge in [-0.2, -0.15) is 0 Å². The Morgan fingerprint density at radius 1 is 1.31 bits per heavy atom. The van der Waals surface area contributed by atoms with Crippen LogP contribution in [0.25, 0.3) is 0 Å². The maximum atomic E-state index is 9.26. The highest BCUT2D eigenvalue weighted by atomic mass is 16.7. The fraction of sp³-hybridized carbons (Fsp3) is 0.400. The van der Waals surface area contributed by atoms with E-state index in [-0.39, 0.29) is 18.1 Å². The van der Waals surface area contributed by atoms with E-state index in [1.807, 2.05) is 13.8 Å². The third-order valence-corrected chi connectivity index (χ3v) is 2.12. The Morgan fingerprint density at radius 2 is 2.08 bits per heavy atom. The van der Waals surface area contributed by atoms with Gasteiger partial charge in [-0.3, -0.25) is 0 Å². The number of hydrogen-bond donors (Lipinski definition) is 1. The van der Waals surface area contributed by atoms with E-state index in [0.29, 0.717) is 0 Å². The standard InChI is InChI=1S/C10H12O3/c1-6-9-5-8(11)3-4-10(9)13-7(2)12-6/h3-7,11H,1-2H3/t6-,7-/m1/s1. The molecule has 0 saturated heterocycles. The molecule has 1 aromatic carbocycles. The molecule has 3 heteroatoms. The van der Waals surface area contributed by atoms with E-state index in [1.165, 1.54) is 0 Å². The van der Waals surface area contributed by atoms with Crippen LogP contribution in [0, 0.1) is 0 Å². The van der Waals surface area contributed by atoms with Crippen molar-refractivity contribution in [2.45, 2.75) is 26.2 Å². The van der Waals surface area contributed by atoms with Gasteiger partial charge < -0.3 is 14.6 Å². The van der Waals surface area contributed by atoms with Crippen molar-refractivity contribution in [3.63, 3.8) is 0 Å². The summed E-state index contributed by atoms with van der Waals surface area (Å²) in [7, 11) is 0. The van der Waals surface area contributed by atoms with Crippen LogP contribution in [0.15, 0.2) is 18.2 Å². The molecule has 0 bridgehead atoms. The average Bonchev–Trinajstić information content (AvgIpc) is 2.06. The number of aromatic hydroxyl groups is 1. The molecule has 13 heavy (non-hydrogen) atoms. The molecule has 0 spiro atoms. The summed E-state index contributed by atoms with van der Waals surface area (Å²) in [6.07, 6.45) is -0.238. The molecule has 70 valence electrons. The molecule has 2 atom stereocenters. The molecule has 0 amide bonds. The monoisotopic (exact) mass is 180 g/mol. The second-order valence-electron chi connectivity index (χ2n) is 3.19. The Kier molecular flexibility index (Phi) is 1.88. The first kappa shape index (κ1) is 8.38. The highest BCUT2D eigenvalue weighted by Crippen LogP contribution is 2.35. The average molecular weight is 180 g/mol. The molecular formula is C10H12O3. The molecule has 0 saturated carbocycles. The number of phenolic OH excluding ortho intramolecular Hbond substituents is 1. The van der Waals surface area contributed by atoms with Gasteiger partial charge in [0.05, 0.1) is 6.10 Å². The normalized spacial score (nSPS) is 26.3. The number of rotatable bonds is 0. The Morgan fingerprint density at radius 3 is 2.85 bits per heavy atom. The van der Waals surface area contributed by atoms with Gasteiger partial charge in [0.2, 0.25) is 0 Å². The number of phenols is 1. The highest BCUT2D eigenvalue weighted by molar-refractivity contribution is 5.41. The third kappa shape index (κ3) is 1.47. The first-order valence-corrected chi connectivity index (χ1v) is 4.32. The first-order chi connectivity index (χ1) is 6.16. The molecule has 1 aliphatic heterocycles. The van der Waals surface area contributed by atoms with E-state index in [1.54, 1.807) is 18.2 Å². The van der Waals surface area contributed by atoms with Crippen LogP contribution in [-0.2, 0) is 4.74 Å². The van der Waals surface area contributed by atoms with Crippen LogP contribution in [0.4, 0.5) is 0 Å². The lowest BCUT2D eigenvalue weighted by atomic mass is 10.1. The molecule has 1 N–H and O–H groups in total. The van der Waals surface area contributed by atoms with Gasteiger partial charge >= 0.3 is 0 Å². The Hall–Kier alpha value is -1.22. The molecule has 1 aromatic rings. The van der Waals surface area contributed by atoms with Crippen LogP contribution in [0.2, 0.25) is 0 Å². The van der Waals surface area contributed by atoms with E-state index in [0.717, 1.165) is 11.3 Å². The fourth-order valence-corrected chi connectivity index (χ4v) is 1.53. The lowest BCUT2D eigenvalue weighted by Crippen LogP contribution is -2.24. The molecule has 0 fully saturated rings. The predicted molar refractivity (Wildman–Crippen MR) is 47.7 cm³/mol. The summed E-state index contributed by atoms with van der Waals surface area (Å²) < 4.78 is 10.9. The minimum atomic E-state index is -0.216. The summed E-state index contributed by atoms with van der Waals surface area (Å²) in [5, 5.41) is 9.26. The smallest absolute Gasteiger partial charge is 0.197 e. The van der Waals surface area contributed by atoms with Gasteiger partial charge in [-0.15, -0.1) is 0 Å². The topological polar surface area (TPSA) is 38.7 Å². The van der Waals surface area contributed by atoms with Gasteiger partial charge in [-0.1, -0.05) is 0 Å². The van der Waals surface area contributed by atoms with Crippen molar-refractivity contribution in [2.24, 2.45) is 0 Å². The zero-order chi connectivity index (χ0) is 9.42. The lowest BCUT2D eigenvalue weighted by Gasteiger charge is -2.28. The molecular weight excluding hydrogens is 168 g/mol. The van der Waals surface area contributed by atoms with Crippen LogP contribution >= 0.6 is 0 Å². The first-order valence-electron chi connectivity index (χ1n) is 4.32. The summed E-state index contributed by atoms with van der Waals surface area (Å²) >= 11 is 0. The van der Waals surface area contributed by atoms with Gasteiger partial charge in [-0.25, -0.2) is 0 Å². The van der Waals surface area contributed by atoms with Gasteiger partial charge in [0.25, 0.3) is 0 Å². The molecule has 0 radical (unpaired) electrons. The SMILES string of the molecule is C[C@H]1Oc2ccc(O)cc2[C@@H](C)O1. The minimum absolute atomic E-state index is 0.0224. The second kappa shape index (κ2) is 2.92. The van der Waals surface area contributed by atoms with Crippen LogP contribution in [0.3, 0.4) is 0 Å². The number of benzene rings is 1. The van der Waals surface area contributed by atoms with Crippen molar-refractivity contribution in [3.8, 4) is 11.5 Å². The summed E-state index contributed by atoms with van der Waals surface area (Å²) in [5.41, 5.74) is 0.901. The van der Waals surface area contributed by atoms with E-state index in [4.69, 9.17) is 9.47 Å². The molecule has 1 heterocycles. The van der Waals surface area contributed by atoms with Crippen LogP contribution in [0.5, 0.6) is 11.5 Å². The summed E-state index contributed by atoms with van der Waals surface area (Å²) in [6, 6.07) is 5.05. The van der Waals surface area contributed by atoms with Crippen molar-refractivity contribution in [2.75, 3.05) is 0 Å². The molecule has 2 rings (SSSR count). The Labute approximate surface area is 76.9 Å². The van der Waals surface area contributed by atoms with Gasteiger partial charge in [0.15, 0.2) is 6.29 Å². The van der Waals surface area contributed by atoms with E-state index < -0.39 is 0 Å². The molecule has 3 nitrogen and oxygen atoms in total. The van der Waals surface area contributed by atoms with E-state index in [9.17, 15) is 5.11 Å². The van der Waals surface area contributed by atoms with E-state index in [2.05, 4.69) is 0 Å². The van der Waals surface area contributed by atoms with Crippen molar-refractivity contribution in [1.82, 2.24) is 0 Å². The molecule has 0 unspecified atom stereocenters. The largest absolute Gasteiger partial charge is 0.508 e. The summed E-state index contributed by atoms with van der Waals surface area (Å²) in [4.78, 5) is 0. The number of fused-ring (bicyclic) bond motifs is 1. The minimum Gasteiger partial charge on any atom is -0.508 e. The summed E-state index contributed by atoms with van der Waals surface area (Å²) in [6.45, 7) is 3.80. The van der Waals surface area contributed by atoms with Crippen molar-refractivity contribution < 1.29 is 14.6 Å². The maximum Gasteiger partial charge on any atom is 0.197 e. The Bertz CT molecular complexity index is 322. The van der Waals surface area contributed by atoms with Crippen LogP contribution < -0.4 is 4.74 Å². The molecule has 1 aliphatic rings. The number of hydrogen-bond acceptors (Lipinski definition) is 3. The highest BCUT2D eigenvalue weighted by Gasteiger charge is 2.22. The lowest BCUT2D eigenvalue weighted by molar-refractivity contribution is -0.122. The third-order valence-electron chi connectivity index (χ3n) is 2.12. The predicted octanol–water partition coefficient (Wildman–Crippen LogP) is 2.21. The van der Waals surface area contributed by atoms with Gasteiger partial charge in [0, 0.05) is 5.56 Å². The van der Waals surface area contributed by atoms with Crippen molar-refractivity contribution in [3.05, 3.63) is 23.8 Å². The van der Waals surface area contributed by atoms with E-state index >= 15 is 0 Å². The zero-order valence-electron chi connectivity index (χ0n) is 7.65. The van der Waals surface area contributed by atoms with Gasteiger partial charge in [-0.05, 0) is 32.0 Å². The molecule has 0 aromatic heterocycles. The number of ether oxygens (including phenoxy) is 2. The van der Waals surface area contributed by atoms with Crippen molar-refractivity contribution in [1.29, 1.82) is 0 Å². The molecule has 0 aliphatic carbocycles. The Balaban J connectivity index is 2.43.